The van der Waals surface area contributed by atoms with Crippen molar-refractivity contribution in [1.82, 2.24) is 4.98 Å². The van der Waals surface area contributed by atoms with Gasteiger partial charge in [-0.1, -0.05) is 6.07 Å². The van der Waals surface area contributed by atoms with Crippen molar-refractivity contribution < 1.29 is 14.3 Å². The van der Waals surface area contributed by atoms with Gasteiger partial charge in [0.2, 0.25) is 0 Å². The summed E-state index contributed by atoms with van der Waals surface area (Å²) >= 11 is 0. The molecule has 4 nitrogen and oxygen atoms in total. The van der Waals surface area contributed by atoms with E-state index in [4.69, 9.17) is 0 Å². The van der Waals surface area contributed by atoms with Crippen LogP contribution in [0.2, 0.25) is 0 Å². The Balaban J connectivity index is 2.36. The number of rotatable bonds is 3. The number of carbonyl (C=O) groups excluding carboxylic acids is 2. The molecule has 2 rings (SSSR count). The molecule has 0 spiro atoms. The minimum atomic E-state index is -0.788. The molecule has 18 heavy (non-hydrogen) atoms. The molecule has 2 aromatic rings. The summed E-state index contributed by atoms with van der Waals surface area (Å²) in [6.45, 7) is 1.54. The van der Waals surface area contributed by atoms with Gasteiger partial charge in [0, 0.05) is 17.1 Å². The Hall–Kier alpha value is -2.23. The maximum atomic E-state index is 12.1. The van der Waals surface area contributed by atoms with Gasteiger partial charge in [-0.25, -0.2) is 0 Å². The molecule has 0 saturated heterocycles. The smallest absolute Gasteiger partial charge is 0.316 e. The first-order valence-corrected chi connectivity index (χ1v) is 5.60. The van der Waals surface area contributed by atoms with Crippen molar-refractivity contribution in [3.63, 3.8) is 0 Å². The first kappa shape index (κ1) is 12.2. The van der Waals surface area contributed by atoms with Gasteiger partial charge in [-0.2, -0.15) is 0 Å². The number of Topliss-reactive ketones (excluding diaryl/α,β-unsaturated/α-hetero) is 1. The summed E-state index contributed by atoms with van der Waals surface area (Å²) in [6.07, 6.45) is 1.70. The second-order valence-corrected chi connectivity index (χ2v) is 4.02. The molecule has 0 fully saturated rings. The molecule has 0 saturated carbocycles. The summed E-state index contributed by atoms with van der Waals surface area (Å²) in [4.78, 5) is 27.6. The molecule has 1 heterocycles. The lowest BCUT2D eigenvalue weighted by Crippen LogP contribution is -2.22. The van der Waals surface area contributed by atoms with Crippen molar-refractivity contribution in [3.8, 4) is 0 Å². The molecule has 4 heteroatoms. The van der Waals surface area contributed by atoms with Crippen molar-refractivity contribution in [2.24, 2.45) is 5.92 Å². The molecular weight excluding hydrogens is 230 g/mol. The SMILES string of the molecule is COC(=O)C(C)C(=O)c1ccc2ncccc2c1. The van der Waals surface area contributed by atoms with Gasteiger partial charge in [-0.15, -0.1) is 0 Å². The van der Waals surface area contributed by atoms with Gasteiger partial charge in [0.15, 0.2) is 5.78 Å². The zero-order chi connectivity index (χ0) is 13.1. The third-order valence-electron chi connectivity index (χ3n) is 2.84. The molecule has 0 aliphatic rings. The van der Waals surface area contributed by atoms with Crippen LogP contribution in [0.3, 0.4) is 0 Å². The van der Waals surface area contributed by atoms with Crippen LogP contribution in [-0.2, 0) is 9.53 Å². The van der Waals surface area contributed by atoms with E-state index in [0.717, 1.165) is 10.9 Å². The van der Waals surface area contributed by atoms with Gasteiger partial charge in [0.25, 0.3) is 0 Å². The van der Waals surface area contributed by atoms with Gasteiger partial charge in [-0.05, 0) is 31.2 Å². The number of ether oxygens (including phenoxy) is 1. The van der Waals surface area contributed by atoms with Gasteiger partial charge in [0.1, 0.15) is 5.92 Å². The van der Waals surface area contributed by atoms with Crippen LogP contribution in [0.1, 0.15) is 17.3 Å². The van der Waals surface area contributed by atoms with E-state index in [0.29, 0.717) is 5.56 Å². The predicted molar refractivity (Wildman–Crippen MR) is 67.3 cm³/mol. The number of ketones is 1. The Kier molecular flexibility index (Phi) is 3.37. The van der Waals surface area contributed by atoms with Gasteiger partial charge in [-0.3, -0.25) is 14.6 Å². The highest BCUT2D eigenvalue weighted by atomic mass is 16.5. The molecule has 92 valence electrons. The first-order chi connectivity index (χ1) is 8.63. The van der Waals surface area contributed by atoms with Gasteiger partial charge >= 0.3 is 5.97 Å². The van der Waals surface area contributed by atoms with Crippen molar-refractivity contribution in [2.45, 2.75) is 6.92 Å². The quantitative estimate of drug-likeness (QED) is 0.471. The van der Waals surface area contributed by atoms with E-state index in [2.05, 4.69) is 9.72 Å². The molecular formula is C14H13NO3. The van der Waals surface area contributed by atoms with E-state index in [1.54, 1.807) is 37.4 Å². The largest absolute Gasteiger partial charge is 0.468 e. The number of carbonyl (C=O) groups is 2. The van der Waals surface area contributed by atoms with Crippen molar-refractivity contribution >= 4 is 22.7 Å². The molecule has 0 radical (unpaired) electrons. The number of nitrogens with zero attached hydrogens (tertiary/aromatic N) is 1. The fourth-order valence-electron chi connectivity index (χ4n) is 1.76. The number of methoxy groups -OCH3 is 1. The summed E-state index contributed by atoms with van der Waals surface area (Å²) in [5.74, 6) is -1.55. The highest BCUT2D eigenvalue weighted by Crippen LogP contribution is 2.16. The Labute approximate surface area is 105 Å². The molecule has 1 aromatic carbocycles. The standard InChI is InChI=1S/C14H13NO3/c1-9(14(17)18-2)13(16)11-5-6-12-10(8-11)4-3-7-15-12/h3-9H,1-2H3. The summed E-state index contributed by atoms with van der Waals surface area (Å²) in [5, 5.41) is 0.875. The lowest BCUT2D eigenvalue weighted by Gasteiger charge is -2.08. The Morgan fingerprint density at radius 2 is 2.06 bits per heavy atom. The molecule has 0 aliphatic heterocycles. The zero-order valence-corrected chi connectivity index (χ0v) is 10.2. The molecule has 0 amide bonds. The number of fused-ring (bicyclic) bond motifs is 1. The molecule has 0 aliphatic carbocycles. The molecule has 1 aromatic heterocycles. The van der Waals surface area contributed by atoms with E-state index in [9.17, 15) is 9.59 Å². The lowest BCUT2D eigenvalue weighted by molar-refractivity contribution is -0.143. The molecule has 0 bridgehead atoms. The third kappa shape index (κ3) is 2.22. The van der Waals surface area contributed by atoms with Crippen LogP contribution in [0.4, 0.5) is 0 Å². The van der Waals surface area contributed by atoms with Crippen molar-refractivity contribution in [1.29, 1.82) is 0 Å². The van der Waals surface area contributed by atoms with Crippen LogP contribution in [0.5, 0.6) is 0 Å². The van der Waals surface area contributed by atoms with Crippen LogP contribution < -0.4 is 0 Å². The van der Waals surface area contributed by atoms with Crippen LogP contribution in [-0.4, -0.2) is 23.8 Å². The fourth-order valence-corrected chi connectivity index (χ4v) is 1.76. The Morgan fingerprint density at radius 1 is 1.28 bits per heavy atom. The topological polar surface area (TPSA) is 56.3 Å². The number of benzene rings is 1. The van der Waals surface area contributed by atoms with Crippen molar-refractivity contribution in [3.05, 3.63) is 42.1 Å². The van der Waals surface area contributed by atoms with E-state index < -0.39 is 11.9 Å². The van der Waals surface area contributed by atoms with E-state index >= 15 is 0 Å². The zero-order valence-electron chi connectivity index (χ0n) is 10.2. The van der Waals surface area contributed by atoms with E-state index in [1.165, 1.54) is 7.11 Å². The third-order valence-corrected chi connectivity index (χ3v) is 2.84. The van der Waals surface area contributed by atoms with E-state index in [1.807, 2.05) is 6.07 Å². The summed E-state index contributed by atoms with van der Waals surface area (Å²) in [6, 6.07) is 8.87. The first-order valence-electron chi connectivity index (χ1n) is 5.60. The highest BCUT2D eigenvalue weighted by Gasteiger charge is 2.23. The maximum absolute atomic E-state index is 12.1. The average molecular weight is 243 g/mol. The second kappa shape index (κ2) is 4.96. The summed E-state index contributed by atoms with van der Waals surface area (Å²) in [5.41, 5.74) is 1.31. The number of hydrogen-bond acceptors (Lipinski definition) is 4. The molecule has 1 unspecified atom stereocenters. The second-order valence-electron chi connectivity index (χ2n) is 4.02. The fraction of sp³-hybridized carbons (Fsp3) is 0.214. The Bertz CT molecular complexity index is 607. The predicted octanol–water partition coefficient (Wildman–Crippen LogP) is 2.23. The number of hydrogen-bond donors (Lipinski definition) is 0. The van der Waals surface area contributed by atoms with Crippen molar-refractivity contribution in [2.75, 3.05) is 7.11 Å². The molecule has 1 atom stereocenters. The van der Waals surface area contributed by atoms with Crippen LogP contribution in [0, 0.1) is 5.92 Å². The number of pyridine rings is 1. The Morgan fingerprint density at radius 3 is 2.78 bits per heavy atom. The van der Waals surface area contributed by atoms with Crippen LogP contribution in [0.25, 0.3) is 10.9 Å². The van der Waals surface area contributed by atoms with Gasteiger partial charge in [0.05, 0.1) is 12.6 Å². The summed E-state index contributed by atoms with van der Waals surface area (Å²) < 4.78 is 4.57. The maximum Gasteiger partial charge on any atom is 0.316 e. The minimum Gasteiger partial charge on any atom is -0.468 e. The van der Waals surface area contributed by atoms with Crippen LogP contribution >= 0.6 is 0 Å². The van der Waals surface area contributed by atoms with Gasteiger partial charge < -0.3 is 4.74 Å². The molecule has 0 N–H and O–H groups in total. The minimum absolute atomic E-state index is 0.243. The van der Waals surface area contributed by atoms with E-state index in [-0.39, 0.29) is 5.78 Å². The monoisotopic (exact) mass is 243 g/mol. The number of esters is 1. The highest BCUT2D eigenvalue weighted by molar-refractivity contribution is 6.09. The summed E-state index contributed by atoms with van der Waals surface area (Å²) in [7, 11) is 1.27. The lowest BCUT2D eigenvalue weighted by atomic mass is 9.98. The average Bonchev–Trinajstić information content (AvgIpc) is 2.44. The van der Waals surface area contributed by atoms with Crippen LogP contribution in [0.15, 0.2) is 36.5 Å². The number of aromatic nitrogens is 1. The normalized spacial score (nSPS) is 12.1.